The first-order chi connectivity index (χ1) is 9.12. The maximum Gasteiger partial charge on any atom is 0.144 e. The molecule has 5 heteroatoms. The normalized spacial score (nSPS) is 10.5. The number of hydrogen-bond donors (Lipinski definition) is 2. The molecule has 0 aliphatic rings. The SMILES string of the molecule is CCc1nc(NN)cc(Sc2ccc(C)c(C)c2)n1. The van der Waals surface area contributed by atoms with Crippen molar-refractivity contribution in [1.82, 2.24) is 9.97 Å². The second kappa shape index (κ2) is 6.04. The van der Waals surface area contributed by atoms with Crippen LogP contribution in [-0.4, -0.2) is 9.97 Å². The molecule has 4 nitrogen and oxygen atoms in total. The highest BCUT2D eigenvalue weighted by atomic mass is 32.2. The number of rotatable bonds is 4. The van der Waals surface area contributed by atoms with Crippen LogP contribution in [0, 0.1) is 13.8 Å². The molecule has 0 amide bonds. The molecule has 0 spiro atoms. The molecule has 1 heterocycles. The standard InChI is InChI=1S/C14H18N4S/c1-4-12-16-13(18-15)8-14(17-12)19-11-6-5-9(2)10(3)7-11/h5-8H,4,15H2,1-3H3,(H,16,17,18). The summed E-state index contributed by atoms with van der Waals surface area (Å²) in [6, 6.07) is 8.26. The Hall–Kier alpha value is -1.59. The first kappa shape index (κ1) is 13.8. The predicted octanol–water partition coefficient (Wildman–Crippen LogP) is 3.09. The van der Waals surface area contributed by atoms with Crippen molar-refractivity contribution in [2.75, 3.05) is 5.43 Å². The lowest BCUT2D eigenvalue weighted by atomic mass is 10.1. The summed E-state index contributed by atoms with van der Waals surface area (Å²) >= 11 is 1.62. The van der Waals surface area contributed by atoms with E-state index in [1.54, 1.807) is 11.8 Å². The van der Waals surface area contributed by atoms with Crippen molar-refractivity contribution >= 4 is 17.6 Å². The fraction of sp³-hybridized carbons (Fsp3) is 0.286. The number of benzene rings is 1. The van der Waals surface area contributed by atoms with Crippen molar-refractivity contribution in [1.29, 1.82) is 0 Å². The largest absolute Gasteiger partial charge is 0.308 e. The maximum atomic E-state index is 5.43. The zero-order valence-electron chi connectivity index (χ0n) is 11.4. The Morgan fingerprint density at radius 1 is 1.16 bits per heavy atom. The lowest BCUT2D eigenvalue weighted by Gasteiger charge is -2.07. The smallest absolute Gasteiger partial charge is 0.144 e. The molecule has 0 aliphatic heterocycles. The molecule has 3 N–H and O–H groups in total. The topological polar surface area (TPSA) is 63.8 Å². The number of nitrogen functional groups attached to an aromatic ring is 1. The molecular formula is C14H18N4S. The average molecular weight is 274 g/mol. The molecule has 0 unspecified atom stereocenters. The molecule has 1 aromatic carbocycles. The molecule has 19 heavy (non-hydrogen) atoms. The second-order valence-electron chi connectivity index (χ2n) is 4.35. The Bertz CT molecular complexity index is 561. The number of hydrogen-bond acceptors (Lipinski definition) is 5. The monoisotopic (exact) mass is 274 g/mol. The Balaban J connectivity index is 2.29. The Kier molecular flexibility index (Phi) is 4.39. The third kappa shape index (κ3) is 3.45. The molecule has 1 aromatic heterocycles. The second-order valence-corrected chi connectivity index (χ2v) is 5.45. The number of nitrogens with two attached hydrogens (primary N) is 1. The van der Waals surface area contributed by atoms with Crippen molar-refractivity contribution in [2.24, 2.45) is 5.84 Å². The lowest BCUT2D eigenvalue weighted by molar-refractivity contribution is 0.888. The summed E-state index contributed by atoms with van der Waals surface area (Å²) in [5.41, 5.74) is 5.16. The minimum absolute atomic E-state index is 0.651. The van der Waals surface area contributed by atoms with Gasteiger partial charge in [-0.25, -0.2) is 15.8 Å². The number of anilines is 1. The zero-order chi connectivity index (χ0) is 13.8. The van der Waals surface area contributed by atoms with Crippen molar-refractivity contribution in [2.45, 2.75) is 37.1 Å². The van der Waals surface area contributed by atoms with Crippen molar-refractivity contribution in [3.63, 3.8) is 0 Å². The van der Waals surface area contributed by atoms with Gasteiger partial charge in [-0.3, -0.25) is 0 Å². The maximum absolute atomic E-state index is 5.43. The summed E-state index contributed by atoms with van der Waals surface area (Å²) in [5.74, 6) is 6.87. The van der Waals surface area contributed by atoms with Gasteiger partial charge in [0.1, 0.15) is 16.7 Å². The molecule has 0 fully saturated rings. The van der Waals surface area contributed by atoms with Crippen LogP contribution in [0.1, 0.15) is 23.9 Å². The van der Waals surface area contributed by atoms with Gasteiger partial charge in [-0.1, -0.05) is 24.8 Å². The van der Waals surface area contributed by atoms with E-state index in [-0.39, 0.29) is 0 Å². The first-order valence-corrected chi connectivity index (χ1v) is 7.03. The van der Waals surface area contributed by atoms with E-state index in [0.717, 1.165) is 17.3 Å². The molecule has 0 saturated heterocycles. The minimum atomic E-state index is 0.651. The van der Waals surface area contributed by atoms with E-state index in [0.29, 0.717) is 5.82 Å². The van der Waals surface area contributed by atoms with E-state index in [9.17, 15) is 0 Å². The number of aryl methyl sites for hydroxylation is 3. The Labute approximate surface area is 117 Å². The number of hydrazine groups is 1. The van der Waals surface area contributed by atoms with Crippen LogP contribution < -0.4 is 11.3 Å². The van der Waals surface area contributed by atoms with E-state index in [1.165, 1.54) is 16.0 Å². The van der Waals surface area contributed by atoms with Crippen LogP contribution in [0.2, 0.25) is 0 Å². The van der Waals surface area contributed by atoms with E-state index in [1.807, 2.05) is 13.0 Å². The van der Waals surface area contributed by atoms with Crippen LogP contribution in [-0.2, 0) is 6.42 Å². The number of aromatic nitrogens is 2. The highest BCUT2D eigenvalue weighted by Crippen LogP contribution is 2.28. The van der Waals surface area contributed by atoms with Gasteiger partial charge in [0, 0.05) is 17.4 Å². The summed E-state index contributed by atoms with van der Waals surface area (Å²) in [5, 5.41) is 0.906. The van der Waals surface area contributed by atoms with Gasteiger partial charge in [0.05, 0.1) is 0 Å². The summed E-state index contributed by atoms with van der Waals surface area (Å²) in [6.45, 7) is 6.25. The third-order valence-corrected chi connectivity index (χ3v) is 3.82. The van der Waals surface area contributed by atoms with Crippen molar-refractivity contribution in [3.8, 4) is 0 Å². The van der Waals surface area contributed by atoms with Crippen LogP contribution in [0.4, 0.5) is 5.82 Å². The van der Waals surface area contributed by atoms with Crippen LogP contribution in [0.25, 0.3) is 0 Å². The van der Waals surface area contributed by atoms with E-state index < -0.39 is 0 Å². The van der Waals surface area contributed by atoms with Crippen LogP contribution in [0.3, 0.4) is 0 Å². The van der Waals surface area contributed by atoms with Gasteiger partial charge in [-0.05, 0) is 37.1 Å². The molecule has 0 radical (unpaired) electrons. The van der Waals surface area contributed by atoms with E-state index in [2.05, 4.69) is 47.4 Å². The van der Waals surface area contributed by atoms with Gasteiger partial charge in [-0.2, -0.15) is 0 Å². The van der Waals surface area contributed by atoms with E-state index in [4.69, 9.17) is 5.84 Å². The van der Waals surface area contributed by atoms with Gasteiger partial charge in [-0.15, -0.1) is 0 Å². The lowest BCUT2D eigenvalue weighted by Crippen LogP contribution is -2.10. The zero-order valence-corrected chi connectivity index (χ0v) is 12.2. The first-order valence-electron chi connectivity index (χ1n) is 6.22. The highest BCUT2D eigenvalue weighted by molar-refractivity contribution is 7.99. The van der Waals surface area contributed by atoms with Crippen LogP contribution >= 0.6 is 11.8 Å². The average Bonchev–Trinajstić information content (AvgIpc) is 2.42. The summed E-state index contributed by atoms with van der Waals surface area (Å²) in [4.78, 5) is 9.96. The summed E-state index contributed by atoms with van der Waals surface area (Å²) in [7, 11) is 0. The number of nitrogens with one attached hydrogen (secondary N) is 1. The molecular weight excluding hydrogens is 256 g/mol. The van der Waals surface area contributed by atoms with Gasteiger partial charge in [0.15, 0.2) is 0 Å². The third-order valence-electron chi connectivity index (χ3n) is 2.91. The van der Waals surface area contributed by atoms with Gasteiger partial charge < -0.3 is 5.43 Å². The molecule has 0 atom stereocenters. The fourth-order valence-electron chi connectivity index (χ4n) is 1.66. The quantitative estimate of drug-likeness (QED) is 0.509. The van der Waals surface area contributed by atoms with Crippen molar-refractivity contribution < 1.29 is 0 Å². The number of nitrogens with zero attached hydrogens (tertiary/aromatic N) is 2. The highest BCUT2D eigenvalue weighted by Gasteiger charge is 2.05. The Morgan fingerprint density at radius 3 is 2.58 bits per heavy atom. The molecule has 2 aromatic rings. The fourth-order valence-corrected chi connectivity index (χ4v) is 2.59. The van der Waals surface area contributed by atoms with Crippen LogP contribution in [0.15, 0.2) is 34.2 Å². The Morgan fingerprint density at radius 2 is 1.95 bits per heavy atom. The summed E-state index contributed by atoms with van der Waals surface area (Å²) < 4.78 is 0. The molecule has 0 aliphatic carbocycles. The van der Waals surface area contributed by atoms with Crippen molar-refractivity contribution in [3.05, 3.63) is 41.2 Å². The predicted molar refractivity (Wildman–Crippen MR) is 79.3 cm³/mol. The van der Waals surface area contributed by atoms with Gasteiger partial charge in [0.2, 0.25) is 0 Å². The molecule has 100 valence electrons. The molecule has 0 bridgehead atoms. The van der Waals surface area contributed by atoms with Gasteiger partial charge >= 0.3 is 0 Å². The van der Waals surface area contributed by atoms with Gasteiger partial charge in [0.25, 0.3) is 0 Å². The van der Waals surface area contributed by atoms with E-state index >= 15 is 0 Å². The summed E-state index contributed by atoms with van der Waals surface area (Å²) in [6.07, 6.45) is 0.788. The minimum Gasteiger partial charge on any atom is -0.308 e. The molecule has 2 rings (SSSR count). The molecule has 0 saturated carbocycles. The van der Waals surface area contributed by atoms with Crippen LogP contribution in [0.5, 0.6) is 0 Å².